The lowest BCUT2D eigenvalue weighted by molar-refractivity contribution is 0.0598. The summed E-state index contributed by atoms with van der Waals surface area (Å²) >= 11 is 0. The third kappa shape index (κ3) is 3.94. The maximum absolute atomic E-state index is 10.1. The highest BCUT2D eigenvalue weighted by Gasteiger charge is 2.20. The first-order valence-electron chi connectivity index (χ1n) is 7.51. The number of aliphatic hydroxyl groups excluding tert-OH is 1. The van der Waals surface area contributed by atoms with E-state index >= 15 is 0 Å². The molecule has 0 spiro atoms. The third-order valence-corrected chi connectivity index (χ3v) is 4.02. The van der Waals surface area contributed by atoms with Gasteiger partial charge in [-0.1, -0.05) is 30.3 Å². The molecule has 21 heavy (non-hydrogen) atoms. The van der Waals surface area contributed by atoms with Crippen LogP contribution < -0.4 is 0 Å². The van der Waals surface area contributed by atoms with Crippen LogP contribution in [0.3, 0.4) is 0 Å². The second-order valence-corrected chi connectivity index (χ2v) is 5.59. The van der Waals surface area contributed by atoms with Crippen molar-refractivity contribution in [1.82, 2.24) is 9.80 Å². The van der Waals surface area contributed by atoms with Gasteiger partial charge in [0.25, 0.3) is 0 Å². The molecule has 0 saturated carbocycles. The summed E-state index contributed by atoms with van der Waals surface area (Å²) in [5.74, 6) is 0.654. The molecule has 4 nitrogen and oxygen atoms in total. The molecule has 3 rings (SSSR count). The summed E-state index contributed by atoms with van der Waals surface area (Å²) in [5.41, 5.74) is 1.36. The average molecular weight is 286 g/mol. The van der Waals surface area contributed by atoms with Crippen molar-refractivity contribution in [2.24, 2.45) is 0 Å². The largest absolute Gasteiger partial charge is 0.467 e. The summed E-state index contributed by atoms with van der Waals surface area (Å²) in [5, 5.41) is 10.1. The second-order valence-electron chi connectivity index (χ2n) is 5.59. The van der Waals surface area contributed by atoms with Crippen molar-refractivity contribution in [3.8, 4) is 0 Å². The zero-order valence-corrected chi connectivity index (χ0v) is 12.2. The number of rotatable bonds is 5. The van der Waals surface area contributed by atoms with Crippen LogP contribution in [0.2, 0.25) is 0 Å². The summed E-state index contributed by atoms with van der Waals surface area (Å²) < 4.78 is 5.25. The number of nitrogens with zero attached hydrogens (tertiary/aromatic N) is 2. The topological polar surface area (TPSA) is 39.9 Å². The van der Waals surface area contributed by atoms with Crippen molar-refractivity contribution in [2.75, 3.05) is 32.7 Å². The van der Waals surface area contributed by atoms with E-state index in [0.29, 0.717) is 12.3 Å². The number of β-amino-alcohol motifs (C(OH)–C–C–N with tert-alkyl or cyclic N) is 1. The van der Waals surface area contributed by atoms with Gasteiger partial charge in [0.15, 0.2) is 0 Å². The molecule has 1 atom stereocenters. The van der Waals surface area contributed by atoms with Gasteiger partial charge in [0.05, 0.1) is 6.26 Å². The predicted molar refractivity (Wildman–Crippen MR) is 81.8 cm³/mol. The van der Waals surface area contributed by atoms with Crippen LogP contribution in [0.4, 0.5) is 0 Å². The Labute approximate surface area is 125 Å². The van der Waals surface area contributed by atoms with Crippen molar-refractivity contribution in [3.63, 3.8) is 0 Å². The number of hydrogen-bond acceptors (Lipinski definition) is 4. The maximum atomic E-state index is 10.1. The fourth-order valence-electron chi connectivity index (χ4n) is 2.79. The first-order chi connectivity index (χ1) is 10.3. The van der Waals surface area contributed by atoms with E-state index in [1.807, 2.05) is 12.1 Å². The van der Waals surface area contributed by atoms with E-state index in [4.69, 9.17) is 4.42 Å². The van der Waals surface area contributed by atoms with Crippen LogP contribution in [0.25, 0.3) is 0 Å². The molecule has 1 fully saturated rings. The zero-order valence-electron chi connectivity index (χ0n) is 12.2. The van der Waals surface area contributed by atoms with Crippen LogP contribution >= 0.6 is 0 Å². The number of furan rings is 1. The summed E-state index contributed by atoms with van der Waals surface area (Å²) in [7, 11) is 0. The summed E-state index contributed by atoms with van der Waals surface area (Å²) in [6, 6.07) is 14.2. The van der Waals surface area contributed by atoms with Gasteiger partial charge in [-0.2, -0.15) is 0 Å². The molecule has 0 amide bonds. The average Bonchev–Trinajstić information content (AvgIpc) is 3.05. The second kappa shape index (κ2) is 6.89. The Hall–Kier alpha value is -1.62. The zero-order chi connectivity index (χ0) is 14.5. The highest BCUT2D eigenvalue weighted by Crippen LogP contribution is 2.16. The van der Waals surface area contributed by atoms with Gasteiger partial charge in [0.2, 0.25) is 0 Å². The maximum Gasteiger partial charge on any atom is 0.133 e. The minimum Gasteiger partial charge on any atom is -0.467 e. The predicted octanol–water partition coefficient (Wildman–Crippen LogP) is 2.13. The van der Waals surface area contributed by atoms with Gasteiger partial charge in [-0.3, -0.25) is 9.80 Å². The summed E-state index contributed by atoms with van der Waals surface area (Å²) in [6.45, 7) is 5.72. The molecule has 1 aromatic carbocycles. The fourth-order valence-corrected chi connectivity index (χ4v) is 2.79. The van der Waals surface area contributed by atoms with Crippen LogP contribution in [0, 0.1) is 0 Å². The van der Waals surface area contributed by atoms with Crippen molar-refractivity contribution in [2.45, 2.75) is 12.6 Å². The Morgan fingerprint density at radius 2 is 1.67 bits per heavy atom. The van der Waals surface area contributed by atoms with Gasteiger partial charge in [-0.05, 0) is 17.7 Å². The summed E-state index contributed by atoms with van der Waals surface area (Å²) in [6.07, 6.45) is 1.08. The van der Waals surface area contributed by atoms with E-state index in [1.54, 1.807) is 6.26 Å². The first kappa shape index (κ1) is 14.3. The van der Waals surface area contributed by atoms with Crippen molar-refractivity contribution < 1.29 is 9.52 Å². The van der Waals surface area contributed by atoms with E-state index in [1.165, 1.54) is 5.56 Å². The molecule has 112 valence electrons. The first-order valence-corrected chi connectivity index (χ1v) is 7.51. The van der Waals surface area contributed by atoms with Gasteiger partial charge >= 0.3 is 0 Å². The Balaban J connectivity index is 1.45. The SMILES string of the molecule is O[C@@H](CN1CCN(Cc2ccccc2)CC1)c1ccco1. The van der Waals surface area contributed by atoms with Crippen molar-refractivity contribution >= 4 is 0 Å². The number of aliphatic hydroxyl groups is 1. The molecule has 0 radical (unpaired) electrons. The van der Waals surface area contributed by atoms with Crippen LogP contribution in [0.15, 0.2) is 53.1 Å². The summed E-state index contributed by atoms with van der Waals surface area (Å²) in [4.78, 5) is 4.76. The molecule has 2 heterocycles. The molecule has 0 bridgehead atoms. The number of hydrogen-bond donors (Lipinski definition) is 1. The normalized spacial score (nSPS) is 18.7. The van der Waals surface area contributed by atoms with Crippen molar-refractivity contribution in [3.05, 3.63) is 60.1 Å². The van der Waals surface area contributed by atoms with Gasteiger partial charge in [-0.15, -0.1) is 0 Å². The standard InChI is InChI=1S/C17H22N2O2/c20-16(17-7-4-12-21-17)14-19-10-8-18(9-11-19)13-15-5-2-1-3-6-15/h1-7,12,16,20H,8-11,13-14H2/t16-/m0/s1. The molecule has 1 saturated heterocycles. The number of benzene rings is 1. The molecular weight excluding hydrogens is 264 g/mol. The minimum absolute atomic E-state index is 0.527. The Bertz CT molecular complexity index is 519. The molecule has 1 aromatic heterocycles. The quantitative estimate of drug-likeness (QED) is 0.914. The van der Waals surface area contributed by atoms with Gasteiger partial charge in [0.1, 0.15) is 11.9 Å². The minimum atomic E-state index is -0.527. The monoisotopic (exact) mass is 286 g/mol. The third-order valence-electron chi connectivity index (χ3n) is 4.02. The highest BCUT2D eigenvalue weighted by molar-refractivity contribution is 5.14. The molecule has 2 aromatic rings. The molecule has 0 unspecified atom stereocenters. The molecule has 1 aliphatic heterocycles. The molecule has 0 aliphatic carbocycles. The Morgan fingerprint density at radius 3 is 2.33 bits per heavy atom. The van der Waals surface area contributed by atoms with Crippen LogP contribution in [0.1, 0.15) is 17.4 Å². The smallest absolute Gasteiger partial charge is 0.133 e. The molecular formula is C17H22N2O2. The van der Waals surface area contributed by atoms with Crippen LogP contribution in [-0.4, -0.2) is 47.6 Å². The lowest BCUT2D eigenvalue weighted by atomic mass is 10.2. The highest BCUT2D eigenvalue weighted by atomic mass is 16.4. The van der Waals surface area contributed by atoms with E-state index in [2.05, 4.69) is 40.1 Å². The van der Waals surface area contributed by atoms with Gasteiger partial charge in [0, 0.05) is 39.3 Å². The van der Waals surface area contributed by atoms with E-state index in [-0.39, 0.29) is 0 Å². The fraction of sp³-hybridized carbons (Fsp3) is 0.412. The van der Waals surface area contributed by atoms with Crippen LogP contribution in [-0.2, 0) is 6.54 Å². The lowest BCUT2D eigenvalue weighted by Gasteiger charge is -2.35. The van der Waals surface area contributed by atoms with E-state index in [9.17, 15) is 5.11 Å². The number of piperazine rings is 1. The van der Waals surface area contributed by atoms with Crippen molar-refractivity contribution in [1.29, 1.82) is 0 Å². The molecule has 1 N–H and O–H groups in total. The van der Waals surface area contributed by atoms with E-state index in [0.717, 1.165) is 32.7 Å². The van der Waals surface area contributed by atoms with Gasteiger partial charge in [-0.25, -0.2) is 0 Å². The van der Waals surface area contributed by atoms with Gasteiger partial charge < -0.3 is 9.52 Å². The molecule has 1 aliphatic rings. The Kier molecular flexibility index (Phi) is 4.70. The van der Waals surface area contributed by atoms with Crippen LogP contribution in [0.5, 0.6) is 0 Å². The van der Waals surface area contributed by atoms with E-state index < -0.39 is 6.10 Å². The molecule has 4 heteroatoms. The lowest BCUT2D eigenvalue weighted by Crippen LogP contribution is -2.47. The Morgan fingerprint density at radius 1 is 0.952 bits per heavy atom.